The van der Waals surface area contributed by atoms with Gasteiger partial charge >= 0.3 is 0 Å². The van der Waals surface area contributed by atoms with Crippen molar-refractivity contribution < 1.29 is 12.8 Å². The van der Waals surface area contributed by atoms with Crippen LogP contribution in [0.3, 0.4) is 0 Å². The first kappa shape index (κ1) is 22.7. The molecular formula is C24H24FN5O2S. The number of nitriles is 1. The molecule has 0 amide bonds. The summed E-state index contributed by atoms with van der Waals surface area (Å²) in [5.74, 6) is 0.364. The average molecular weight is 466 g/mol. The van der Waals surface area contributed by atoms with Crippen LogP contribution >= 0.6 is 0 Å². The number of anilines is 2. The van der Waals surface area contributed by atoms with E-state index in [1.165, 1.54) is 12.1 Å². The fraction of sp³-hybridized carbons (Fsp3) is 0.250. The highest BCUT2D eigenvalue weighted by atomic mass is 32.2. The van der Waals surface area contributed by atoms with Crippen LogP contribution in [0.4, 0.5) is 15.9 Å². The van der Waals surface area contributed by atoms with Crippen molar-refractivity contribution in [3.63, 3.8) is 0 Å². The minimum atomic E-state index is -3.56. The maximum atomic E-state index is 13.2. The summed E-state index contributed by atoms with van der Waals surface area (Å²) in [7, 11) is -3.56. The SMILES string of the molecule is N#Cc1cccc(CS(=O)(=O)NCc2ccnc(N3CCN(c4ccc(F)cc4)CC3)c2)c1. The van der Waals surface area contributed by atoms with Crippen LogP contribution in [0.1, 0.15) is 16.7 Å². The van der Waals surface area contributed by atoms with E-state index in [4.69, 9.17) is 5.26 Å². The minimum absolute atomic E-state index is 0.158. The number of rotatable bonds is 7. The Morgan fingerprint density at radius 2 is 1.70 bits per heavy atom. The summed E-state index contributed by atoms with van der Waals surface area (Å²) in [6.45, 7) is 3.24. The molecule has 1 aromatic heterocycles. The number of halogens is 1. The van der Waals surface area contributed by atoms with Crippen LogP contribution in [0.5, 0.6) is 0 Å². The highest BCUT2D eigenvalue weighted by molar-refractivity contribution is 7.88. The second kappa shape index (κ2) is 9.98. The molecule has 0 spiro atoms. The third-order valence-corrected chi connectivity index (χ3v) is 6.81. The molecule has 4 rings (SSSR count). The molecule has 1 saturated heterocycles. The fourth-order valence-electron chi connectivity index (χ4n) is 3.78. The van der Waals surface area contributed by atoms with Gasteiger partial charge < -0.3 is 9.80 Å². The van der Waals surface area contributed by atoms with Gasteiger partial charge in [-0.1, -0.05) is 12.1 Å². The highest BCUT2D eigenvalue weighted by Gasteiger charge is 2.19. The first-order chi connectivity index (χ1) is 15.9. The molecule has 2 heterocycles. The van der Waals surface area contributed by atoms with Crippen molar-refractivity contribution >= 4 is 21.5 Å². The second-order valence-electron chi connectivity index (χ2n) is 7.87. The average Bonchev–Trinajstić information content (AvgIpc) is 2.83. The molecule has 0 atom stereocenters. The summed E-state index contributed by atoms with van der Waals surface area (Å²) < 4.78 is 40.8. The first-order valence-corrected chi connectivity index (χ1v) is 12.2. The van der Waals surface area contributed by atoms with E-state index in [-0.39, 0.29) is 18.1 Å². The molecule has 2 aromatic carbocycles. The van der Waals surface area contributed by atoms with Gasteiger partial charge in [-0.2, -0.15) is 5.26 Å². The summed E-state index contributed by atoms with van der Waals surface area (Å²) in [5, 5.41) is 8.99. The molecule has 9 heteroatoms. The molecule has 1 fully saturated rings. The first-order valence-electron chi connectivity index (χ1n) is 10.6. The number of aromatic nitrogens is 1. The van der Waals surface area contributed by atoms with Crippen molar-refractivity contribution in [1.29, 1.82) is 5.26 Å². The lowest BCUT2D eigenvalue weighted by Crippen LogP contribution is -2.46. The Bertz CT molecular complexity index is 1250. The molecule has 0 radical (unpaired) electrons. The van der Waals surface area contributed by atoms with Gasteiger partial charge in [-0.15, -0.1) is 0 Å². The highest BCUT2D eigenvalue weighted by Crippen LogP contribution is 2.20. The summed E-state index contributed by atoms with van der Waals surface area (Å²) in [6, 6.07) is 18.8. The van der Waals surface area contributed by atoms with Crippen LogP contribution in [0.2, 0.25) is 0 Å². The summed E-state index contributed by atoms with van der Waals surface area (Å²) in [5.41, 5.74) is 2.81. The van der Waals surface area contributed by atoms with Gasteiger partial charge in [-0.3, -0.25) is 0 Å². The molecule has 0 bridgehead atoms. The van der Waals surface area contributed by atoms with Gasteiger partial charge in [0.15, 0.2) is 0 Å². The van der Waals surface area contributed by atoms with E-state index in [1.807, 2.05) is 12.1 Å². The number of hydrogen-bond acceptors (Lipinski definition) is 6. The van der Waals surface area contributed by atoms with Crippen molar-refractivity contribution in [1.82, 2.24) is 9.71 Å². The van der Waals surface area contributed by atoms with Gasteiger partial charge in [0.2, 0.25) is 10.0 Å². The van der Waals surface area contributed by atoms with E-state index in [9.17, 15) is 12.8 Å². The van der Waals surface area contributed by atoms with Crippen LogP contribution in [-0.2, 0) is 22.3 Å². The van der Waals surface area contributed by atoms with Gasteiger partial charge in [0.1, 0.15) is 11.6 Å². The molecule has 3 aromatic rings. The van der Waals surface area contributed by atoms with Crippen LogP contribution in [0, 0.1) is 17.1 Å². The van der Waals surface area contributed by atoms with E-state index in [1.54, 1.807) is 48.7 Å². The number of sulfonamides is 1. The quantitative estimate of drug-likeness (QED) is 0.577. The lowest BCUT2D eigenvalue weighted by Gasteiger charge is -2.36. The fourth-order valence-corrected chi connectivity index (χ4v) is 4.89. The smallest absolute Gasteiger partial charge is 0.216 e. The molecule has 0 saturated carbocycles. The van der Waals surface area contributed by atoms with Gasteiger partial charge in [-0.25, -0.2) is 22.5 Å². The lowest BCUT2D eigenvalue weighted by molar-refractivity contribution is 0.580. The Hall–Kier alpha value is -3.48. The molecule has 7 nitrogen and oxygen atoms in total. The molecular weight excluding hydrogens is 441 g/mol. The van der Waals surface area contributed by atoms with Crippen molar-refractivity contribution in [2.75, 3.05) is 36.0 Å². The normalized spacial score (nSPS) is 14.2. The number of piperazine rings is 1. The maximum absolute atomic E-state index is 13.2. The molecule has 0 aliphatic carbocycles. The monoisotopic (exact) mass is 465 g/mol. The van der Waals surface area contributed by atoms with Crippen molar-refractivity contribution in [3.05, 3.63) is 89.4 Å². The number of hydrogen-bond donors (Lipinski definition) is 1. The lowest BCUT2D eigenvalue weighted by atomic mass is 10.2. The Kier molecular flexibility index (Phi) is 6.87. The number of benzene rings is 2. The van der Waals surface area contributed by atoms with Gasteiger partial charge in [0, 0.05) is 44.6 Å². The predicted molar refractivity (Wildman–Crippen MR) is 126 cm³/mol. The van der Waals surface area contributed by atoms with Crippen molar-refractivity contribution in [3.8, 4) is 6.07 Å². The molecule has 0 unspecified atom stereocenters. The van der Waals surface area contributed by atoms with Crippen LogP contribution in [0.15, 0.2) is 66.9 Å². The third kappa shape index (κ3) is 6.06. The Labute approximate surface area is 193 Å². The number of nitrogens with zero attached hydrogens (tertiary/aromatic N) is 4. The van der Waals surface area contributed by atoms with E-state index < -0.39 is 10.0 Å². The van der Waals surface area contributed by atoms with Gasteiger partial charge in [-0.05, 0) is 59.7 Å². The Morgan fingerprint density at radius 1 is 0.970 bits per heavy atom. The molecule has 1 aliphatic heterocycles. The van der Waals surface area contributed by atoms with E-state index in [0.29, 0.717) is 11.1 Å². The van der Waals surface area contributed by atoms with Crippen molar-refractivity contribution in [2.45, 2.75) is 12.3 Å². The zero-order valence-corrected chi connectivity index (χ0v) is 18.8. The van der Waals surface area contributed by atoms with E-state index in [0.717, 1.165) is 43.2 Å². The molecule has 1 N–H and O–H groups in total. The topological polar surface area (TPSA) is 89.3 Å². The maximum Gasteiger partial charge on any atom is 0.216 e. The summed E-state index contributed by atoms with van der Waals surface area (Å²) >= 11 is 0. The van der Waals surface area contributed by atoms with Gasteiger partial charge in [0.05, 0.1) is 17.4 Å². The Morgan fingerprint density at radius 3 is 2.42 bits per heavy atom. The minimum Gasteiger partial charge on any atom is -0.368 e. The zero-order valence-electron chi connectivity index (χ0n) is 18.0. The largest absolute Gasteiger partial charge is 0.368 e. The molecule has 33 heavy (non-hydrogen) atoms. The molecule has 1 aliphatic rings. The van der Waals surface area contributed by atoms with E-state index in [2.05, 4.69) is 19.5 Å². The Balaban J connectivity index is 1.34. The van der Waals surface area contributed by atoms with Gasteiger partial charge in [0.25, 0.3) is 0 Å². The third-order valence-electron chi connectivity index (χ3n) is 5.51. The molecule has 170 valence electrons. The predicted octanol–water partition coefficient (Wildman–Crippen LogP) is 3.04. The van der Waals surface area contributed by atoms with Crippen molar-refractivity contribution in [2.24, 2.45) is 0 Å². The second-order valence-corrected chi connectivity index (χ2v) is 9.67. The number of nitrogens with one attached hydrogen (secondary N) is 1. The van der Waals surface area contributed by atoms with Crippen LogP contribution < -0.4 is 14.5 Å². The van der Waals surface area contributed by atoms with Crippen LogP contribution in [-0.4, -0.2) is 39.6 Å². The summed E-state index contributed by atoms with van der Waals surface area (Å²) in [6.07, 6.45) is 1.68. The van der Waals surface area contributed by atoms with Crippen LogP contribution in [0.25, 0.3) is 0 Å². The van der Waals surface area contributed by atoms with E-state index >= 15 is 0 Å². The zero-order chi connectivity index (χ0) is 23.3. The number of pyridine rings is 1. The summed E-state index contributed by atoms with van der Waals surface area (Å²) in [4.78, 5) is 8.82. The standard InChI is InChI=1S/C24H24FN5O2S/c25-22-4-6-23(7-5-22)29-10-12-30(13-11-29)24-15-20(8-9-27-24)17-28-33(31,32)18-21-3-1-2-19(14-21)16-26/h1-9,14-15,28H,10-13,17-18H2.